The largest absolute Gasteiger partial charge is 0.443 e. The minimum absolute atomic E-state index is 0.0820. The van der Waals surface area contributed by atoms with Crippen LogP contribution < -0.4 is 16.4 Å². The number of fused-ring (bicyclic) bond motifs is 1. The molecule has 0 radical (unpaired) electrons. The minimum Gasteiger partial charge on any atom is -0.443 e. The number of likely N-dealkylation sites (N-methyl/N-ethyl adjacent to an activating group) is 1. The van der Waals surface area contributed by atoms with E-state index in [0.29, 0.717) is 41.1 Å². The van der Waals surface area contributed by atoms with Gasteiger partial charge in [-0.3, -0.25) is 4.90 Å². The molecule has 228 valence electrons. The lowest BCUT2D eigenvalue weighted by molar-refractivity contribution is -0.138. The average molecular weight is 610 g/mol. The Kier molecular flexibility index (Phi) is 7.65. The standard InChI is InChI=1S/C29H27F4N9O2/c1-40-6-8-41(9-7-40)13-18-2-4-19(11-21(18)29(31,32)33)38-28(43)39-23-5-3-17(10-22(23)30)25-20(24-12-35-16-44-24)14-42-26(25)27(34)36-15-37-42/h2-5,10-12,14-16H,6-9,13H2,1H3,(H2,34,36,37)(H2,38,39,43). The summed E-state index contributed by atoms with van der Waals surface area (Å²) in [5, 5.41) is 8.90. The summed E-state index contributed by atoms with van der Waals surface area (Å²) in [5.41, 5.74) is 6.92. The van der Waals surface area contributed by atoms with E-state index >= 15 is 4.39 Å². The maximum absolute atomic E-state index is 15.3. The van der Waals surface area contributed by atoms with Crippen LogP contribution in [-0.2, 0) is 12.7 Å². The molecule has 6 rings (SSSR count). The van der Waals surface area contributed by atoms with Crippen LogP contribution in [0.5, 0.6) is 0 Å². The van der Waals surface area contributed by atoms with E-state index < -0.39 is 23.6 Å². The summed E-state index contributed by atoms with van der Waals surface area (Å²) in [5.74, 6) is -0.260. The molecule has 1 aliphatic rings. The van der Waals surface area contributed by atoms with Gasteiger partial charge in [0.2, 0.25) is 0 Å². The maximum Gasteiger partial charge on any atom is 0.416 e. The minimum atomic E-state index is -4.62. The Hall–Kier alpha value is -5.02. The van der Waals surface area contributed by atoms with Crippen molar-refractivity contribution in [1.82, 2.24) is 29.4 Å². The fourth-order valence-corrected chi connectivity index (χ4v) is 5.22. The molecule has 0 saturated carbocycles. The second kappa shape index (κ2) is 11.6. The molecule has 0 atom stereocenters. The Bertz CT molecular complexity index is 1810. The smallest absolute Gasteiger partial charge is 0.416 e. The van der Waals surface area contributed by atoms with E-state index in [1.54, 1.807) is 12.3 Å². The van der Waals surface area contributed by atoms with Gasteiger partial charge in [-0.15, -0.1) is 0 Å². The quantitative estimate of drug-likeness (QED) is 0.225. The van der Waals surface area contributed by atoms with E-state index in [-0.39, 0.29) is 29.3 Å². The highest BCUT2D eigenvalue weighted by Crippen LogP contribution is 2.39. The van der Waals surface area contributed by atoms with E-state index in [4.69, 9.17) is 10.2 Å². The Morgan fingerprint density at radius 3 is 2.59 bits per heavy atom. The lowest BCUT2D eigenvalue weighted by atomic mass is 10.0. The predicted octanol–water partition coefficient (Wildman–Crippen LogP) is 5.18. The number of hydrogen-bond donors (Lipinski definition) is 3. The van der Waals surface area contributed by atoms with Gasteiger partial charge in [0.25, 0.3) is 0 Å². The number of hydrogen-bond acceptors (Lipinski definition) is 8. The van der Waals surface area contributed by atoms with Crippen molar-refractivity contribution in [2.24, 2.45) is 0 Å². The summed E-state index contributed by atoms with van der Waals surface area (Å²) in [7, 11) is 1.97. The first-order chi connectivity index (χ1) is 21.1. The fraction of sp³-hybridized carbons (Fsp3) is 0.241. The number of aromatic nitrogens is 4. The van der Waals surface area contributed by atoms with Gasteiger partial charge in [-0.05, 0) is 42.4 Å². The zero-order valence-electron chi connectivity index (χ0n) is 23.4. The highest BCUT2D eigenvalue weighted by molar-refractivity contribution is 6.01. The van der Waals surface area contributed by atoms with Gasteiger partial charge >= 0.3 is 12.2 Å². The normalized spacial score (nSPS) is 14.7. The molecule has 3 aromatic heterocycles. The molecule has 0 unspecified atom stereocenters. The number of amides is 2. The van der Waals surface area contributed by atoms with Crippen molar-refractivity contribution in [3.05, 3.63) is 78.5 Å². The molecule has 11 nitrogen and oxygen atoms in total. The second-order valence-corrected chi connectivity index (χ2v) is 10.4. The van der Waals surface area contributed by atoms with Crippen LogP contribution >= 0.6 is 0 Å². The number of anilines is 3. The number of urea groups is 1. The highest BCUT2D eigenvalue weighted by atomic mass is 19.4. The molecule has 0 aliphatic carbocycles. The van der Waals surface area contributed by atoms with Crippen LogP contribution in [-0.4, -0.2) is 68.6 Å². The lowest BCUT2D eigenvalue weighted by Gasteiger charge is -2.33. The van der Waals surface area contributed by atoms with Gasteiger partial charge in [0.15, 0.2) is 18.0 Å². The van der Waals surface area contributed by atoms with E-state index in [1.807, 2.05) is 11.9 Å². The number of carbonyl (C=O) groups excluding carboxylic acids is 1. The molecule has 4 heterocycles. The molecule has 0 bridgehead atoms. The molecule has 1 saturated heterocycles. The van der Waals surface area contributed by atoms with Gasteiger partial charge in [-0.2, -0.15) is 18.3 Å². The first kappa shape index (κ1) is 29.1. The van der Waals surface area contributed by atoms with Crippen LogP contribution in [0, 0.1) is 5.82 Å². The van der Waals surface area contributed by atoms with Crippen molar-refractivity contribution in [2.45, 2.75) is 12.7 Å². The molecule has 15 heteroatoms. The van der Waals surface area contributed by atoms with Crippen molar-refractivity contribution in [3.63, 3.8) is 0 Å². The van der Waals surface area contributed by atoms with Gasteiger partial charge in [0.1, 0.15) is 17.7 Å². The zero-order valence-corrected chi connectivity index (χ0v) is 23.4. The number of nitrogens with one attached hydrogen (secondary N) is 2. The van der Waals surface area contributed by atoms with Crippen LogP contribution in [0.4, 0.5) is 39.5 Å². The molecule has 2 aromatic carbocycles. The number of piperazine rings is 1. The third kappa shape index (κ3) is 5.91. The van der Waals surface area contributed by atoms with Crippen molar-refractivity contribution in [1.29, 1.82) is 0 Å². The van der Waals surface area contributed by atoms with Crippen LogP contribution in [0.1, 0.15) is 11.1 Å². The molecule has 4 N–H and O–H groups in total. The van der Waals surface area contributed by atoms with E-state index in [0.717, 1.165) is 19.2 Å². The third-order valence-corrected chi connectivity index (χ3v) is 7.47. The molecule has 2 amide bonds. The van der Waals surface area contributed by atoms with E-state index in [1.165, 1.54) is 47.7 Å². The topological polar surface area (TPSA) is 130 Å². The third-order valence-electron chi connectivity index (χ3n) is 7.47. The zero-order chi connectivity index (χ0) is 31.0. The number of oxazole rings is 1. The van der Waals surface area contributed by atoms with Crippen LogP contribution in [0.25, 0.3) is 28.0 Å². The van der Waals surface area contributed by atoms with Gasteiger partial charge < -0.3 is 25.7 Å². The lowest BCUT2D eigenvalue weighted by Crippen LogP contribution is -2.44. The van der Waals surface area contributed by atoms with Crippen LogP contribution in [0.3, 0.4) is 0 Å². The number of halogens is 4. The van der Waals surface area contributed by atoms with Gasteiger partial charge in [-0.1, -0.05) is 12.1 Å². The van der Waals surface area contributed by atoms with Crippen LogP contribution in [0.15, 0.2) is 65.9 Å². The fourth-order valence-electron chi connectivity index (χ4n) is 5.22. The number of alkyl halides is 3. The molecular weight excluding hydrogens is 582 g/mol. The molecular formula is C29H27F4N9O2. The Labute approximate surface area is 248 Å². The highest BCUT2D eigenvalue weighted by Gasteiger charge is 2.34. The summed E-state index contributed by atoms with van der Waals surface area (Å²) < 4.78 is 64.1. The number of nitrogens with two attached hydrogens (primary N) is 1. The number of carbonyl (C=O) groups is 1. The first-order valence-electron chi connectivity index (χ1n) is 13.6. The van der Waals surface area contributed by atoms with Crippen molar-refractivity contribution >= 4 is 28.7 Å². The second-order valence-electron chi connectivity index (χ2n) is 10.4. The molecule has 1 fully saturated rings. The van der Waals surface area contributed by atoms with E-state index in [2.05, 4.69) is 30.6 Å². The molecule has 5 aromatic rings. The summed E-state index contributed by atoms with van der Waals surface area (Å²) in [6, 6.07) is 6.80. The molecule has 1 aliphatic heterocycles. The van der Waals surface area contributed by atoms with Gasteiger partial charge in [-0.25, -0.2) is 23.7 Å². The predicted molar refractivity (Wildman–Crippen MR) is 155 cm³/mol. The summed E-state index contributed by atoms with van der Waals surface area (Å²) in [4.78, 5) is 24.8. The summed E-state index contributed by atoms with van der Waals surface area (Å²) >= 11 is 0. The number of nitrogen functional groups attached to an aromatic ring is 1. The maximum atomic E-state index is 15.3. The number of nitrogens with zero attached hydrogens (tertiary/aromatic N) is 6. The average Bonchev–Trinajstić information content (AvgIpc) is 3.65. The Morgan fingerprint density at radius 2 is 1.89 bits per heavy atom. The summed E-state index contributed by atoms with van der Waals surface area (Å²) in [6.45, 7) is 2.99. The van der Waals surface area contributed by atoms with Crippen molar-refractivity contribution in [2.75, 3.05) is 49.6 Å². The van der Waals surface area contributed by atoms with Crippen LogP contribution in [0.2, 0.25) is 0 Å². The molecule has 0 spiro atoms. The van der Waals surface area contributed by atoms with Crippen molar-refractivity contribution < 1.29 is 26.8 Å². The monoisotopic (exact) mass is 609 g/mol. The van der Waals surface area contributed by atoms with Crippen molar-refractivity contribution in [3.8, 4) is 22.5 Å². The SMILES string of the molecule is CN1CCN(Cc2ccc(NC(=O)Nc3ccc(-c4c(-c5cnco5)cn5ncnc(N)c45)cc3F)cc2C(F)(F)F)CC1. The Morgan fingerprint density at radius 1 is 1.09 bits per heavy atom. The number of rotatable bonds is 6. The van der Waals surface area contributed by atoms with E-state index in [9.17, 15) is 18.0 Å². The first-order valence-corrected chi connectivity index (χ1v) is 13.6. The van der Waals surface area contributed by atoms with Gasteiger partial charge in [0.05, 0.1) is 17.4 Å². The molecule has 44 heavy (non-hydrogen) atoms. The van der Waals surface area contributed by atoms with Gasteiger partial charge in [0, 0.05) is 55.7 Å². The number of benzene rings is 2. The Balaban J connectivity index is 1.22. The summed E-state index contributed by atoms with van der Waals surface area (Å²) in [6.07, 6.45) is 1.04.